The topological polar surface area (TPSA) is 45.8 Å². The van der Waals surface area contributed by atoms with Gasteiger partial charge in [-0.15, -0.1) is 0 Å². The Morgan fingerprint density at radius 3 is 2.28 bits per heavy atom. The highest BCUT2D eigenvalue weighted by atomic mass is 32.1. The third-order valence-corrected chi connectivity index (χ3v) is 5.46. The molecule has 0 saturated carbocycles. The summed E-state index contributed by atoms with van der Waals surface area (Å²) in [4.78, 5) is 2.55. The number of thiocarbonyl (C=S) groups is 1. The van der Waals surface area contributed by atoms with Gasteiger partial charge in [-0.2, -0.15) is 0 Å². The fraction of sp³-hybridized carbons (Fsp3) is 0.435. The van der Waals surface area contributed by atoms with Crippen molar-refractivity contribution >= 4 is 23.0 Å². The van der Waals surface area contributed by atoms with Crippen LogP contribution >= 0.6 is 12.2 Å². The fourth-order valence-corrected chi connectivity index (χ4v) is 3.88. The van der Waals surface area contributed by atoms with Gasteiger partial charge in [-0.3, -0.25) is 4.90 Å². The van der Waals surface area contributed by atoms with Crippen LogP contribution in [0.15, 0.2) is 48.5 Å². The molecule has 2 aromatic carbocycles. The van der Waals surface area contributed by atoms with Crippen molar-refractivity contribution in [2.75, 3.05) is 38.7 Å². The van der Waals surface area contributed by atoms with E-state index in [-0.39, 0.29) is 6.04 Å². The standard InChI is InChI=1S/C23H31N3O2S/c1-3-28-21-13-9-19(10-14-21)25-23(29)24-17-22(26-15-5-4-6-16-26)18-7-11-20(27-2)12-8-18/h7-14,22H,3-6,15-17H2,1-2H3,(H2,24,25,29)/t22-/m0/s1. The zero-order valence-electron chi connectivity index (χ0n) is 17.3. The van der Waals surface area contributed by atoms with E-state index in [0.717, 1.165) is 36.8 Å². The lowest BCUT2D eigenvalue weighted by molar-refractivity contribution is 0.164. The Bertz CT molecular complexity index is 759. The van der Waals surface area contributed by atoms with E-state index >= 15 is 0 Å². The van der Waals surface area contributed by atoms with Crippen LogP contribution in [-0.2, 0) is 0 Å². The lowest BCUT2D eigenvalue weighted by atomic mass is 10.0. The molecule has 5 nitrogen and oxygen atoms in total. The number of ether oxygens (including phenoxy) is 2. The summed E-state index contributed by atoms with van der Waals surface area (Å²) in [5.74, 6) is 1.74. The van der Waals surface area contributed by atoms with E-state index in [1.807, 2.05) is 43.3 Å². The summed E-state index contributed by atoms with van der Waals surface area (Å²) in [5, 5.41) is 7.31. The van der Waals surface area contributed by atoms with Crippen molar-refractivity contribution in [3.63, 3.8) is 0 Å². The minimum Gasteiger partial charge on any atom is -0.497 e. The quantitative estimate of drug-likeness (QED) is 0.617. The molecule has 3 rings (SSSR count). The Hall–Kier alpha value is -2.31. The van der Waals surface area contributed by atoms with E-state index in [9.17, 15) is 0 Å². The highest BCUT2D eigenvalue weighted by Crippen LogP contribution is 2.26. The minimum atomic E-state index is 0.279. The molecular weight excluding hydrogens is 382 g/mol. The number of anilines is 1. The SMILES string of the molecule is CCOc1ccc(NC(=S)NC[C@@H](c2ccc(OC)cc2)N2CCCCC2)cc1. The Kier molecular flexibility index (Phi) is 8.14. The molecule has 1 atom stereocenters. The maximum atomic E-state index is 5.54. The number of hydrogen-bond donors (Lipinski definition) is 2. The first-order valence-corrected chi connectivity index (χ1v) is 10.8. The van der Waals surface area contributed by atoms with Crippen LogP contribution in [0.5, 0.6) is 11.5 Å². The predicted octanol–water partition coefficient (Wildman–Crippen LogP) is 4.61. The largest absolute Gasteiger partial charge is 0.497 e. The molecule has 0 radical (unpaired) electrons. The average Bonchev–Trinajstić information content (AvgIpc) is 2.77. The van der Waals surface area contributed by atoms with Gasteiger partial charge in [-0.1, -0.05) is 18.6 Å². The molecule has 0 aliphatic carbocycles. The van der Waals surface area contributed by atoms with Gasteiger partial charge >= 0.3 is 0 Å². The van der Waals surface area contributed by atoms with Crippen LogP contribution in [0, 0.1) is 0 Å². The first kappa shape index (κ1) is 21.4. The maximum absolute atomic E-state index is 5.54. The van der Waals surface area contributed by atoms with Crippen LogP contribution < -0.4 is 20.1 Å². The fourth-order valence-electron chi connectivity index (χ4n) is 3.68. The van der Waals surface area contributed by atoms with Gasteiger partial charge in [0, 0.05) is 12.2 Å². The second kappa shape index (κ2) is 11.0. The third kappa shape index (κ3) is 6.34. The van der Waals surface area contributed by atoms with E-state index in [4.69, 9.17) is 21.7 Å². The highest BCUT2D eigenvalue weighted by molar-refractivity contribution is 7.80. The number of methoxy groups -OCH3 is 1. The number of nitrogens with zero attached hydrogens (tertiary/aromatic N) is 1. The summed E-state index contributed by atoms with van der Waals surface area (Å²) in [7, 11) is 1.70. The van der Waals surface area contributed by atoms with Gasteiger partial charge in [0.1, 0.15) is 11.5 Å². The summed E-state index contributed by atoms with van der Waals surface area (Å²) in [6.45, 7) is 5.65. The maximum Gasteiger partial charge on any atom is 0.170 e. The van der Waals surface area contributed by atoms with Gasteiger partial charge in [0.05, 0.1) is 19.8 Å². The minimum absolute atomic E-state index is 0.279. The van der Waals surface area contributed by atoms with Crippen molar-refractivity contribution in [3.05, 3.63) is 54.1 Å². The van der Waals surface area contributed by atoms with Gasteiger partial charge < -0.3 is 20.1 Å². The van der Waals surface area contributed by atoms with E-state index in [2.05, 4.69) is 27.7 Å². The first-order chi connectivity index (χ1) is 14.2. The molecule has 1 fully saturated rings. The molecule has 1 aliphatic heterocycles. The third-order valence-electron chi connectivity index (χ3n) is 5.21. The Morgan fingerprint density at radius 1 is 1.00 bits per heavy atom. The van der Waals surface area contributed by atoms with Crippen molar-refractivity contribution in [1.29, 1.82) is 0 Å². The second-order valence-electron chi connectivity index (χ2n) is 7.18. The summed E-state index contributed by atoms with van der Waals surface area (Å²) in [5.41, 5.74) is 2.23. The van der Waals surface area contributed by atoms with Crippen LogP contribution in [0.25, 0.3) is 0 Å². The summed E-state index contributed by atoms with van der Waals surface area (Å²) >= 11 is 5.54. The molecule has 0 amide bonds. The molecule has 2 aromatic rings. The van der Waals surface area contributed by atoms with Gasteiger partial charge in [0.25, 0.3) is 0 Å². The van der Waals surface area contributed by atoms with Crippen LogP contribution in [-0.4, -0.2) is 43.4 Å². The molecule has 1 saturated heterocycles. The average molecular weight is 414 g/mol. The van der Waals surface area contributed by atoms with E-state index < -0.39 is 0 Å². The monoisotopic (exact) mass is 413 g/mol. The highest BCUT2D eigenvalue weighted by Gasteiger charge is 2.22. The number of nitrogens with one attached hydrogen (secondary N) is 2. The molecule has 29 heavy (non-hydrogen) atoms. The van der Waals surface area contributed by atoms with Crippen molar-refractivity contribution in [1.82, 2.24) is 10.2 Å². The lowest BCUT2D eigenvalue weighted by Gasteiger charge is -2.35. The normalized spacial score (nSPS) is 15.4. The zero-order chi connectivity index (χ0) is 20.5. The predicted molar refractivity (Wildman–Crippen MR) is 123 cm³/mol. The van der Waals surface area contributed by atoms with Crippen LogP contribution in [0.1, 0.15) is 37.8 Å². The number of likely N-dealkylation sites (tertiary alicyclic amines) is 1. The van der Waals surface area contributed by atoms with Gasteiger partial charge in [0.2, 0.25) is 0 Å². The van der Waals surface area contributed by atoms with E-state index in [1.54, 1.807) is 7.11 Å². The number of rotatable bonds is 8. The molecule has 6 heteroatoms. The zero-order valence-corrected chi connectivity index (χ0v) is 18.1. The molecule has 0 unspecified atom stereocenters. The van der Waals surface area contributed by atoms with Crippen molar-refractivity contribution in [2.24, 2.45) is 0 Å². The Balaban J connectivity index is 1.61. The van der Waals surface area contributed by atoms with Crippen LogP contribution in [0.4, 0.5) is 5.69 Å². The summed E-state index contributed by atoms with van der Waals surface area (Å²) in [6.07, 6.45) is 3.82. The van der Waals surface area contributed by atoms with Crippen molar-refractivity contribution in [2.45, 2.75) is 32.2 Å². The van der Waals surface area contributed by atoms with Crippen molar-refractivity contribution < 1.29 is 9.47 Å². The molecule has 1 aliphatic rings. The molecular formula is C23H31N3O2S. The number of hydrogen-bond acceptors (Lipinski definition) is 4. The van der Waals surface area contributed by atoms with Crippen LogP contribution in [0.2, 0.25) is 0 Å². The second-order valence-corrected chi connectivity index (χ2v) is 7.59. The molecule has 0 aromatic heterocycles. The van der Waals surface area contributed by atoms with Crippen LogP contribution in [0.3, 0.4) is 0 Å². The van der Waals surface area contributed by atoms with E-state index in [1.165, 1.54) is 24.8 Å². The Morgan fingerprint density at radius 2 is 1.66 bits per heavy atom. The molecule has 1 heterocycles. The number of piperidine rings is 1. The molecule has 0 spiro atoms. The van der Waals surface area contributed by atoms with Crippen molar-refractivity contribution in [3.8, 4) is 11.5 Å². The number of benzene rings is 2. The smallest absolute Gasteiger partial charge is 0.170 e. The summed E-state index contributed by atoms with van der Waals surface area (Å²) < 4.78 is 10.8. The van der Waals surface area contributed by atoms with E-state index in [0.29, 0.717) is 11.7 Å². The van der Waals surface area contributed by atoms with Gasteiger partial charge in [0.15, 0.2) is 5.11 Å². The molecule has 2 N–H and O–H groups in total. The van der Waals surface area contributed by atoms with Gasteiger partial charge in [-0.05, 0) is 87.0 Å². The molecule has 156 valence electrons. The van der Waals surface area contributed by atoms with Gasteiger partial charge in [-0.25, -0.2) is 0 Å². The lowest BCUT2D eigenvalue weighted by Crippen LogP contribution is -2.41. The summed E-state index contributed by atoms with van der Waals surface area (Å²) in [6, 6.07) is 16.5. The first-order valence-electron chi connectivity index (χ1n) is 10.4. The Labute approximate surface area is 179 Å². The molecule has 0 bridgehead atoms.